The minimum Gasteiger partial charge on any atom is -0.380 e. The van der Waals surface area contributed by atoms with Gasteiger partial charge in [-0.25, -0.2) is 13.4 Å². The molecule has 6 nitrogen and oxygen atoms in total. The van der Waals surface area contributed by atoms with Crippen molar-refractivity contribution in [2.24, 2.45) is 0 Å². The molecule has 2 heterocycles. The number of aromatic nitrogens is 1. The first kappa shape index (κ1) is 25.4. The second-order valence-electron chi connectivity index (χ2n) is 7.15. The number of nitrogens with one attached hydrogen (secondary N) is 3. The summed E-state index contributed by atoms with van der Waals surface area (Å²) in [6.07, 6.45) is 3.87. The smallest absolute Gasteiger partial charge is 0.175 e. The maximum atomic E-state index is 11.4. The van der Waals surface area contributed by atoms with Crippen LogP contribution in [0.2, 0.25) is 0 Å². The fourth-order valence-electron chi connectivity index (χ4n) is 3.06. The van der Waals surface area contributed by atoms with Crippen LogP contribution in [-0.4, -0.2) is 45.3 Å². The summed E-state index contributed by atoms with van der Waals surface area (Å²) < 4.78 is 22.9. The van der Waals surface area contributed by atoms with Crippen LogP contribution in [0.4, 0.5) is 11.5 Å². The summed E-state index contributed by atoms with van der Waals surface area (Å²) in [7, 11) is -3.12. The molecule has 1 atom stereocenters. The van der Waals surface area contributed by atoms with Crippen molar-refractivity contribution in [1.82, 2.24) is 10.3 Å². The average molecular weight is 461 g/mol. The molecule has 3 N–H and O–H groups in total. The van der Waals surface area contributed by atoms with E-state index < -0.39 is 9.84 Å². The third kappa shape index (κ3) is 8.69. The minimum atomic E-state index is -3.12. The van der Waals surface area contributed by atoms with Crippen molar-refractivity contribution in [3.8, 4) is 0 Å². The van der Waals surface area contributed by atoms with Crippen LogP contribution in [0.1, 0.15) is 23.7 Å². The summed E-state index contributed by atoms with van der Waals surface area (Å²) in [4.78, 5) is 4.69. The Bertz CT molecular complexity index is 998. The Labute approximate surface area is 196 Å². The van der Waals surface area contributed by atoms with Gasteiger partial charge in [-0.3, -0.25) is 0 Å². The van der Waals surface area contributed by atoms with Crippen molar-refractivity contribution < 1.29 is 12.7 Å². The Kier molecular flexibility index (Phi) is 10.7. The van der Waals surface area contributed by atoms with Gasteiger partial charge in [-0.05, 0) is 42.8 Å². The summed E-state index contributed by atoms with van der Waals surface area (Å²) in [5.74, 6) is 0.895. The lowest BCUT2D eigenvalue weighted by atomic mass is 10.1. The van der Waals surface area contributed by atoms with Crippen LogP contribution in [-0.2, 0) is 16.3 Å². The lowest BCUT2D eigenvalue weighted by Crippen LogP contribution is -2.41. The third-order valence-corrected chi connectivity index (χ3v) is 5.82. The fraction of sp³-hybridized carbons (Fsp3) is 0.320. The topological polar surface area (TPSA) is 83.1 Å². The molecule has 0 spiro atoms. The predicted octanol–water partition coefficient (Wildman–Crippen LogP) is 4.97. The summed E-state index contributed by atoms with van der Waals surface area (Å²) in [5, 5.41) is 10.2. The van der Waals surface area contributed by atoms with Crippen LogP contribution in [0.15, 0.2) is 83.9 Å². The summed E-state index contributed by atoms with van der Waals surface area (Å²) in [5.41, 5.74) is 2.16. The van der Waals surface area contributed by atoms with E-state index in [-0.39, 0.29) is 4.28 Å². The van der Waals surface area contributed by atoms with Crippen molar-refractivity contribution in [1.29, 1.82) is 0 Å². The number of nitrogens with zero attached hydrogens (tertiary/aromatic N) is 1. The molecule has 178 valence electrons. The Hall–Kier alpha value is -2.90. The van der Waals surface area contributed by atoms with Crippen LogP contribution >= 0.6 is 0 Å². The van der Waals surface area contributed by atoms with Gasteiger partial charge in [0.1, 0.15) is 5.82 Å². The van der Waals surface area contributed by atoms with Gasteiger partial charge in [-0.2, -0.15) is 0 Å². The van der Waals surface area contributed by atoms with Gasteiger partial charge in [-0.1, -0.05) is 62.4 Å². The lowest BCUT2D eigenvalue weighted by molar-refractivity contribution is 0.601. The van der Waals surface area contributed by atoms with E-state index in [1.54, 1.807) is 18.3 Å². The summed E-state index contributed by atoms with van der Waals surface area (Å²) >= 11 is 0. The molecule has 0 aliphatic carbocycles. The van der Waals surface area contributed by atoms with Crippen LogP contribution in [0, 0.1) is 0 Å². The van der Waals surface area contributed by atoms with Gasteiger partial charge in [-0.15, -0.1) is 0 Å². The number of benzene rings is 2. The molecule has 32 heavy (non-hydrogen) atoms. The van der Waals surface area contributed by atoms with Gasteiger partial charge in [0.2, 0.25) is 0 Å². The average Bonchev–Trinajstić information content (AvgIpc) is 2.84. The molecule has 7 heteroatoms. The molecule has 2 aromatic carbocycles. The van der Waals surface area contributed by atoms with Crippen LogP contribution in [0.25, 0.3) is 0 Å². The number of hydrogen-bond donors (Lipinski definition) is 3. The molecule has 4 rings (SSSR count). The standard InChI is InChI=1S/C17H22N4O2S.C6H6.C2H6.3H2/c1-24(22,23)15-6-4-13(5-7-15)8-10-18-11-14-12-20-16-3-2-9-19-17(16)21-14;1-2-4-6-5-3-1;1-2;;;/h2-7,9,14,18,20H,8,10-12H2,1H3,(H,19,21);1-6H;1-2H3;3*1H/t14-;;;;;/m0...../s1. The van der Waals surface area contributed by atoms with Crippen molar-refractivity contribution in [3.05, 3.63) is 84.6 Å². The molecule has 0 saturated carbocycles. The van der Waals surface area contributed by atoms with Crippen molar-refractivity contribution in [2.75, 3.05) is 36.5 Å². The SMILES string of the molecule is CC.CS(=O)(=O)c1ccc(CCNC[C@H]2CNc3cccnc3N2)cc1.[HH].[HH].[HH].c1ccccc1. The molecular formula is C25H40N4O2S. The van der Waals surface area contributed by atoms with E-state index in [4.69, 9.17) is 0 Å². The molecule has 1 aliphatic heterocycles. The predicted molar refractivity (Wildman–Crippen MR) is 140 cm³/mol. The number of pyridine rings is 1. The van der Waals surface area contributed by atoms with E-state index >= 15 is 0 Å². The molecule has 0 bridgehead atoms. The number of hydrogen-bond acceptors (Lipinski definition) is 6. The molecule has 0 amide bonds. The highest BCUT2D eigenvalue weighted by molar-refractivity contribution is 7.90. The molecule has 1 aromatic heterocycles. The molecule has 0 radical (unpaired) electrons. The quantitative estimate of drug-likeness (QED) is 0.450. The fourth-order valence-corrected chi connectivity index (χ4v) is 3.69. The first-order chi connectivity index (χ1) is 15.5. The van der Waals surface area contributed by atoms with E-state index in [2.05, 4.69) is 20.9 Å². The van der Waals surface area contributed by atoms with Crippen molar-refractivity contribution in [2.45, 2.75) is 31.2 Å². The van der Waals surface area contributed by atoms with Gasteiger partial charge >= 0.3 is 0 Å². The molecule has 0 saturated heterocycles. The maximum Gasteiger partial charge on any atom is 0.175 e. The Morgan fingerprint density at radius 1 is 1.00 bits per heavy atom. The highest BCUT2D eigenvalue weighted by Gasteiger charge is 2.16. The molecule has 3 aromatic rings. The largest absolute Gasteiger partial charge is 0.380 e. The summed E-state index contributed by atoms with van der Waals surface area (Å²) in [6, 6.07) is 23.3. The minimum absolute atomic E-state index is 0. The molecular weight excluding hydrogens is 420 g/mol. The third-order valence-electron chi connectivity index (χ3n) is 4.69. The van der Waals surface area contributed by atoms with Gasteiger partial charge < -0.3 is 16.0 Å². The van der Waals surface area contributed by atoms with Crippen molar-refractivity contribution >= 4 is 21.3 Å². The number of sulfone groups is 1. The van der Waals surface area contributed by atoms with E-state index in [0.29, 0.717) is 10.9 Å². The van der Waals surface area contributed by atoms with E-state index in [1.807, 2.05) is 74.5 Å². The zero-order valence-corrected chi connectivity index (χ0v) is 19.9. The highest BCUT2D eigenvalue weighted by Crippen LogP contribution is 2.22. The monoisotopic (exact) mass is 460 g/mol. The number of fused-ring (bicyclic) bond motifs is 1. The Balaban J connectivity index is 0. The van der Waals surface area contributed by atoms with E-state index in [9.17, 15) is 8.42 Å². The number of rotatable bonds is 6. The van der Waals surface area contributed by atoms with Crippen LogP contribution in [0.3, 0.4) is 0 Å². The first-order valence-corrected chi connectivity index (χ1v) is 12.9. The van der Waals surface area contributed by atoms with E-state index in [0.717, 1.165) is 43.1 Å². The van der Waals surface area contributed by atoms with Gasteiger partial charge in [0, 0.05) is 29.8 Å². The van der Waals surface area contributed by atoms with E-state index in [1.165, 1.54) is 6.26 Å². The van der Waals surface area contributed by atoms with Gasteiger partial charge in [0.05, 0.1) is 16.6 Å². The normalized spacial score (nSPS) is 14.3. The second-order valence-corrected chi connectivity index (χ2v) is 9.16. The molecule has 1 aliphatic rings. The summed E-state index contributed by atoms with van der Waals surface area (Å²) in [6.45, 7) is 6.53. The van der Waals surface area contributed by atoms with Crippen LogP contribution < -0.4 is 16.0 Å². The Morgan fingerprint density at radius 2 is 1.62 bits per heavy atom. The van der Waals surface area contributed by atoms with Gasteiger partial charge in [0.25, 0.3) is 0 Å². The zero-order valence-electron chi connectivity index (χ0n) is 19.1. The second kappa shape index (κ2) is 13.5. The van der Waals surface area contributed by atoms with Crippen molar-refractivity contribution in [3.63, 3.8) is 0 Å². The maximum absolute atomic E-state index is 11.4. The Morgan fingerprint density at radius 3 is 2.22 bits per heavy atom. The lowest BCUT2D eigenvalue weighted by Gasteiger charge is -2.27. The zero-order chi connectivity index (χ0) is 23.2. The van der Waals surface area contributed by atoms with Gasteiger partial charge in [0.15, 0.2) is 9.84 Å². The first-order valence-electron chi connectivity index (χ1n) is 11.0. The highest BCUT2D eigenvalue weighted by atomic mass is 32.2. The molecule has 0 unspecified atom stereocenters. The van der Waals surface area contributed by atoms with Crippen LogP contribution in [0.5, 0.6) is 0 Å². The molecule has 0 fully saturated rings. The number of anilines is 2.